The molecule has 0 bridgehead atoms. The van der Waals surface area contributed by atoms with Crippen LogP contribution in [0.15, 0.2) is 52.5 Å². The van der Waals surface area contributed by atoms with Crippen molar-refractivity contribution in [2.75, 3.05) is 32.1 Å². The third kappa shape index (κ3) is 4.47. The predicted octanol–water partition coefficient (Wildman–Crippen LogP) is 2.22. The first-order chi connectivity index (χ1) is 12.5. The van der Waals surface area contributed by atoms with Crippen LogP contribution in [0.2, 0.25) is 0 Å². The van der Waals surface area contributed by atoms with Crippen LogP contribution in [0.3, 0.4) is 0 Å². The molecule has 2 heterocycles. The first-order valence-electron chi connectivity index (χ1n) is 7.92. The number of ketones is 1. The van der Waals surface area contributed by atoms with Gasteiger partial charge in [-0.05, 0) is 36.4 Å². The number of hydrogen-bond donors (Lipinski definition) is 0. The maximum atomic E-state index is 12.9. The van der Waals surface area contributed by atoms with Crippen molar-refractivity contribution in [1.29, 1.82) is 0 Å². The average Bonchev–Trinajstić information content (AvgIpc) is 2.67. The molecule has 2 aromatic rings. The largest absolute Gasteiger partial charge is 0.379 e. The smallest absolute Gasteiger partial charge is 0.244 e. The van der Waals surface area contributed by atoms with Gasteiger partial charge in [0.15, 0.2) is 5.78 Å². The fourth-order valence-corrected chi connectivity index (χ4v) is 4.49. The van der Waals surface area contributed by atoms with Gasteiger partial charge in [-0.3, -0.25) is 4.79 Å². The number of pyridine rings is 1. The van der Waals surface area contributed by atoms with Gasteiger partial charge < -0.3 is 4.74 Å². The quantitative estimate of drug-likeness (QED) is 0.550. The molecule has 0 radical (unpaired) electrons. The zero-order chi connectivity index (χ0) is 18.6. The van der Waals surface area contributed by atoms with Crippen LogP contribution in [0.5, 0.6) is 0 Å². The maximum Gasteiger partial charge on any atom is 0.244 e. The second-order valence-electron chi connectivity index (χ2n) is 5.57. The second-order valence-corrected chi connectivity index (χ2v) is 8.50. The fourth-order valence-electron chi connectivity index (χ4n) is 2.40. The Morgan fingerprint density at radius 2 is 1.85 bits per heavy atom. The van der Waals surface area contributed by atoms with Crippen molar-refractivity contribution in [3.05, 3.63) is 54.0 Å². The molecule has 0 unspecified atom stereocenters. The number of rotatable bonds is 6. The van der Waals surface area contributed by atoms with E-state index in [1.165, 1.54) is 52.6 Å². The Kier molecular flexibility index (Phi) is 6.02. The van der Waals surface area contributed by atoms with Crippen LogP contribution in [0, 0.1) is 5.82 Å². The Labute approximate surface area is 155 Å². The number of halogens is 1. The van der Waals surface area contributed by atoms with Gasteiger partial charge in [0.25, 0.3) is 0 Å². The number of carbonyl (C=O) groups excluding carboxylic acids is 1. The van der Waals surface area contributed by atoms with E-state index in [0.29, 0.717) is 36.9 Å². The standard InChI is InChI=1S/C17H17FN2O4S2/c18-14-3-1-13(2-4-14)16(21)12-25-17-6-5-15(11-19-17)26(22,23)20-7-9-24-10-8-20/h1-6,11H,7-10,12H2. The fraction of sp³-hybridized carbons (Fsp3) is 0.294. The van der Waals surface area contributed by atoms with E-state index in [-0.39, 0.29) is 16.4 Å². The summed E-state index contributed by atoms with van der Waals surface area (Å²) in [5.74, 6) is -0.413. The third-order valence-electron chi connectivity index (χ3n) is 3.83. The number of benzene rings is 1. The van der Waals surface area contributed by atoms with E-state index in [2.05, 4.69) is 4.98 Å². The van der Waals surface area contributed by atoms with Gasteiger partial charge in [0.05, 0.1) is 24.0 Å². The number of ether oxygens (including phenoxy) is 1. The van der Waals surface area contributed by atoms with Crippen LogP contribution in [0.25, 0.3) is 0 Å². The summed E-state index contributed by atoms with van der Waals surface area (Å²) in [4.78, 5) is 16.3. The number of carbonyl (C=O) groups is 1. The Morgan fingerprint density at radius 3 is 2.46 bits per heavy atom. The molecule has 0 aliphatic carbocycles. The summed E-state index contributed by atoms with van der Waals surface area (Å²) in [5, 5.41) is 0.543. The highest BCUT2D eigenvalue weighted by molar-refractivity contribution is 7.99. The second kappa shape index (κ2) is 8.26. The Morgan fingerprint density at radius 1 is 1.15 bits per heavy atom. The molecular weight excluding hydrogens is 379 g/mol. The predicted molar refractivity (Wildman–Crippen MR) is 95.3 cm³/mol. The molecule has 3 rings (SSSR count). The number of aromatic nitrogens is 1. The summed E-state index contributed by atoms with van der Waals surface area (Å²) in [7, 11) is -3.58. The molecular formula is C17H17FN2O4S2. The highest BCUT2D eigenvalue weighted by atomic mass is 32.2. The van der Waals surface area contributed by atoms with E-state index in [1.54, 1.807) is 6.07 Å². The van der Waals surface area contributed by atoms with E-state index < -0.39 is 15.8 Å². The van der Waals surface area contributed by atoms with Gasteiger partial charge in [0.2, 0.25) is 10.0 Å². The topological polar surface area (TPSA) is 76.6 Å². The van der Waals surface area contributed by atoms with Crippen LogP contribution in [-0.4, -0.2) is 55.5 Å². The molecule has 26 heavy (non-hydrogen) atoms. The third-order valence-corrected chi connectivity index (χ3v) is 6.66. The molecule has 1 aliphatic heterocycles. The highest BCUT2D eigenvalue weighted by Crippen LogP contribution is 2.21. The number of thioether (sulfide) groups is 1. The molecule has 1 aliphatic rings. The zero-order valence-corrected chi connectivity index (χ0v) is 15.4. The van der Waals surface area contributed by atoms with Gasteiger partial charge in [-0.2, -0.15) is 4.31 Å². The lowest BCUT2D eigenvalue weighted by molar-refractivity contribution is 0.0730. The minimum atomic E-state index is -3.58. The summed E-state index contributed by atoms with van der Waals surface area (Å²) >= 11 is 1.20. The van der Waals surface area contributed by atoms with E-state index in [4.69, 9.17) is 4.74 Å². The minimum absolute atomic E-state index is 0.119. The number of hydrogen-bond acceptors (Lipinski definition) is 6. The SMILES string of the molecule is O=C(CSc1ccc(S(=O)(=O)N2CCOCC2)cn1)c1ccc(F)cc1. The number of nitrogens with zero attached hydrogens (tertiary/aromatic N) is 2. The van der Waals surface area contributed by atoms with Crippen molar-refractivity contribution in [1.82, 2.24) is 9.29 Å². The maximum absolute atomic E-state index is 12.9. The van der Waals surface area contributed by atoms with Crippen LogP contribution in [0.4, 0.5) is 4.39 Å². The van der Waals surface area contributed by atoms with E-state index >= 15 is 0 Å². The van der Waals surface area contributed by atoms with Crippen molar-refractivity contribution < 1.29 is 22.3 Å². The lowest BCUT2D eigenvalue weighted by Gasteiger charge is -2.25. The van der Waals surface area contributed by atoms with Crippen molar-refractivity contribution in [3.63, 3.8) is 0 Å². The zero-order valence-electron chi connectivity index (χ0n) is 13.8. The average molecular weight is 396 g/mol. The molecule has 0 atom stereocenters. The van der Waals surface area contributed by atoms with Crippen molar-refractivity contribution in [2.45, 2.75) is 9.92 Å². The minimum Gasteiger partial charge on any atom is -0.379 e. The molecule has 1 fully saturated rings. The summed E-state index contributed by atoms with van der Waals surface area (Å²) in [6.45, 7) is 1.41. The Bertz CT molecular complexity index is 865. The van der Waals surface area contributed by atoms with Gasteiger partial charge in [0, 0.05) is 24.8 Å². The molecule has 0 saturated carbocycles. The molecule has 0 N–H and O–H groups in total. The van der Waals surface area contributed by atoms with Gasteiger partial charge >= 0.3 is 0 Å². The Balaban J connectivity index is 1.62. The number of morpholine rings is 1. The van der Waals surface area contributed by atoms with E-state index in [1.807, 2.05) is 0 Å². The summed E-state index contributed by atoms with van der Waals surface area (Å²) < 4.78 is 44.5. The number of sulfonamides is 1. The molecule has 6 nitrogen and oxygen atoms in total. The monoisotopic (exact) mass is 396 g/mol. The van der Waals surface area contributed by atoms with Gasteiger partial charge in [-0.1, -0.05) is 11.8 Å². The van der Waals surface area contributed by atoms with Gasteiger partial charge in [-0.15, -0.1) is 0 Å². The van der Waals surface area contributed by atoms with E-state index in [0.717, 1.165) is 0 Å². The lowest BCUT2D eigenvalue weighted by Crippen LogP contribution is -2.40. The summed E-state index contributed by atoms with van der Waals surface area (Å²) in [5.41, 5.74) is 0.422. The first kappa shape index (κ1) is 19.0. The van der Waals surface area contributed by atoms with Crippen LogP contribution >= 0.6 is 11.8 Å². The van der Waals surface area contributed by atoms with Crippen molar-refractivity contribution in [3.8, 4) is 0 Å². The van der Waals surface area contributed by atoms with Crippen LogP contribution in [-0.2, 0) is 14.8 Å². The molecule has 9 heteroatoms. The van der Waals surface area contributed by atoms with Crippen LogP contribution < -0.4 is 0 Å². The lowest BCUT2D eigenvalue weighted by atomic mass is 10.1. The van der Waals surface area contributed by atoms with Crippen LogP contribution in [0.1, 0.15) is 10.4 Å². The van der Waals surface area contributed by atoms with Crippen molar-refractivity contribution >= 4 is 27.6 Å². The summed E-state index contributed by atoms with van der Waals surface area (Å²) in [6.07, 6.45) is 1.30. The van der Waals surface area contributed by atoms with E-state index in [9.17, 15) is 17.6 Å². The first-order valence-corrected chi connectivity index (χ1v) is 10.3. The van der Waals surface area contributed by atoms with Gasteiger partial charge in [-0.25, -0.2) is 17.8 Å². The molecule has 1 aromatic heterocycles. The molecule has 0 amide bonds. The Hall–Kier alpha value is -1.81. The number of Topliss-reactive ketones (excluding diaryl/α,β-unsaturated/α-hetero) is 1. The molecule has 0 spiro atoms. The molecule has 1 aromatic carbocycles. The highest BCUT2D eigenvalue weighted by Gasteiger charge is 2.26. The summed E-state index contributed by atoms with van der Waals surface area (Å²) in [6, 6.07) is 8.41. The normalized spacial score (nSPS) is 15.7. The van der Waals surface area contributed by atoms with Gasteiger partial charge in [0.1, 0.15) is 10.7 Å². The molecule has 138 valence electrons. The van der Waals surface area contributed by atoms with Crippen molar-refractivity contribution in [2.24, 2.45) is 0 Å². The molecule has 1 saturated heterocycles.